The molecule has 0 aliphatic carbocycles. The van der Waals surface area contributed by atoms with Crippen molar-refractivity contribution in [3.8, 4) is 5.75 Å². The summed E-state index contributed by atoms with van der Waals surface area (Å²) in [5, 5.41) is 8.80. The van der Waals surface area contributed by atoms with Crippen LogP contribution in [0.5, 0.6) is 5.75 Å². The number of carboxylic acids is 1. The van der Waals surface area contributed by atoms with Crippen molar-refractivity contribution in [3.05, 3.63) is 35.4 Å². The molecule has 0 bridgehead atoms. The van der Waals surface area contributed by atoms with Gasteiger partial charge in [0.05, 0.1) is 12.2 Å². The highest BCUT2D eigenvalue weighted by Gasteiger charge is 2.08. The van der Waals surface area contributed by atoms with Crippen molar-refractivity contribution < 1.29 is 14.6 Å². The molecule has 7 N–H and O–H groups in total. The first-order valence-electron chi connectivity index (χ1n) is 6.61. The third kappa shape index (κ3) is 3.75. The van der Waals surface area contributed by atoms with E-state index >= 15 is 0 Å². The molecule has 0 radical (unpaired) electrons. The molecule has 0 aliphatic rings. The maximum Gasteiger partial charge on any atom is 0.335 e. The second-order valence-electron chi connectivity index (χ2n) is 4.61. The molecular weight excluding hydrogens is 286 g/mol. The van der Waals surface area contributed by atoms with Gasteiger partial charge in [0.1, 0.15) is 17.4 Å². The van der Waals surface area contributed by atoms with Crippen molar-refractivity contribution in [1.29, 1.82) is 0 Å². The van der Waals surface area contributed by atoms with Gasteiger partial charge in [0.2, 0.25) is 5.95 Å². The minimum Gasteiger partial charge on any atom is -0.494 e. The Morgan fingerprint density at radius 3 is 2.23 bits per heavy atom. The lowest BCUT2D eigenvalue weighted by molar-refractivity contribution is 0.0697. The first-order valence-corrected chi connectivity index (χ1v) is 6.61. The Balaban J connectivity index is 1.86. The molecule has 0 atom stereocenters. The minimum absolute atomic E-state index is 0.0496. The highest BCUT2D eigenvalue weighted by molar-refractivity contribution is 5.87. The predicted molar refractivity (Wildman–Crippen MR) is 82.5 cm³/mol. The van der Waals surface area contributed by atoms with E-state index in [9.17, 15) is 4.79 Å². The second-order valence-corrected chi connectivity index (χ2v) is 4.61. The van der Waals surface area contributed by atoms with Gasteiger partial charge in [-0.15, -0.1) is 0 Å². The second kappa shape index (κ2) is 6.61. The number of carbonyl (C=O) groups is 1. The van der Waals surface area contributed by atoms with Crippen LogP contribution < -0.4 is 21.9 Å². The number of aromatic nitrogens is 2. The molecule has 0 saturated heterocycles. The fourth-order valence-corrected chi connectivity index (χ4v) is 1.93. The molecule has 22 heavy (non-hydrogen) atoms. The van der Waals surface area contributed by atoms with Crippen LogP contribution in [0.25, 0.3) is 0 Å². The molecule has 8 heteroatoms. The molecule has 2 rings (SSSR count). The van der Waals surface area contributed by atoms with Gasteiger partial charge in [-0.25, -0.2) is 4.79 Å². The maximum absolute atomic E-state index is 10.7. The Labute approximate surface area is 126 Å². The number of hydrogen-bond acceptors (Lipinski definition) is 7. The number of nitrogens with two attached hydrogens (primary N) is 3. The van der Waals surface area contributed by atoms with E-state index in [4.69, 9.17) is 27.0 Å². The van der Waals surface area contributed by atoms with Crippen LogP contribution in [0.4, 0.5) is 17.6 Å². The highest BCUT2D eigenvalue weighted by atomic mass is 16.5. The minimum atomic E-state index is -0.971. The molecule has 0 amide bonds. The van der Waals surface area contributed by atoms with E-state index in [1.165, 1.54) is 12.1 Å². The number of carboxylic acid groups (broad SMARTS) is 1. The molecule has 2 aromatic rings. The van der Waals surface area contributed by atoms with Crippen molar-refractivity contribution in [2.24, 2.45) is 0 Å². The van der Waals surface area contributed by atoms with Gasteiger partial charge >= 0.3 is 5.97 Å². The average molecular weight is 303 g/mol. The summed E-state index contributed by atoms with van der Waals surface area (Å²) in [5.41, 5.74) is 17.8. The van der Waals surface area contributed by atoms with E-state index in [2.05, 4.69) is 9.97 Å². The summed E-state index contributed by atoms with van der Waals surface area (Å²) in [4.78, 5) is 18.5. The van der Waals surface area contributed by atoms with Crippen molar-refractivity contribution in [2.45, 2.75) is 12.8 Å². The molecule has 1 aromatic heterocycles. The lowest BCUT2D eigenvalue weighted by Gasteiger charge is -2.09. The third-order valence-electron chi connectivity index (χ3n) is 3.03. The number of nitrogen functional groups attached to an aromatic ring is 3. The molecule has 0 unspecified atom stereocenters. The highest BCUT2D eigenvalue weighted by Crippen LogP contribution is 2.19. The molecule has 0 spiro atoms. The molecule has 8 nitrogen and oxygen atoms in total. The van der Waals surface area contributed by atoms with Gasteiger partial charge in [-0.1, -0.05) is 0 Å². The number of anilines is 3. The fourth-order valence-electron chi connectivity index (χ4n) is 1.93. The van der Waals surface area contributed by atoms with Crippen LogP contribution in [0.2, 0.25) is 0 Å². The van der Waals surface area contributed by atoms with E-state index < -0.39 is 5.97 Å². The number of aromatic carboxylic acids is 1. The lowest BCUT2D eigenvalue weighted by atomic mass is 10.1. The van der Waals surface area contributed by atoms with Gasteiger partial charge < -0.3 is 27.0 Å². The number of hydrogen-bond donors (Lipinski definition) is 4. The topological polar surface area (TPSA) is 150 Å². The van der Waals surface area contributed by atoms with Gasteiger partial charge in [-0.2, -0.15) is 9.97 Å². The van der Waals surface area contributed by atoms with Crippen molar-refractivity contribution in [3.63, 3.8) is 0 Å². The van der Waals surface area contributed by atoms with Crippen LogP contribution in [-0.4, -0.2) is 27.7 Å². The number of rotatable bonds is 6. The molecule has 0 saturated carbocycles. The van der Waals surface area contributed by atoms with Crippen molar-refractivity contribution in [2.75, 3.05) is 23.8 Å². The largest absolute Gasteiger partial charge is 0.494 e. The zero-order valence-electron chi connectivity index (χ0n) is 11.8. The molecule has 0 fully saturated rings. The Morgan fingerprint density at radius 2 is 1.68 bits per heavy atom. The standard InChI is InChI=1S/C14H17N5O3/c15-11-10(12(16)19-14(17)18-11)2-1-7-22-9-5-3-8(4-6-9)13(20)21/h3-6H,1-2,7H2,(H,20,21)(H6,15,16,17,18,19). The summed E-state index contributed by atoms with van der Waals surface area (Å²) in [6.07, 6.45) is 1.22. The summed E-state index contributed by atoms with van der Waals surface area (Å²) in [6, 6.07) is 6.19. The third-order valence-corrected chi connectivity index (χ3v) is 3.03. The first kappa shape index (κ1) is 15.4. The van der Waals surface area contributed by atoms with Crippen molar-refractivity contribution in [1.82, 2.24) is 9.97 Å². The van der Waals surface area contributed by atoms with Crippen LogP contribution in [0.3, 0.4) is 0 Å². The van der Waals surface area contributed by atoms with E-state index in [-0.39, 0.29) is 23.1 Å². The van der Waals surface area contributed by atoms with Gasteiger partial charge in [-0.3, -0.25) is 0 Å². The van der Waals surface area contributed by atoms with E-state index in [1.54, 1.807) is 12.1 Å². The van der Waals surface area contributed by atoms with Crippen molar-refractivity contribution >= 4 is 23.6 Å². The quantitative estimate of drug-likeness (QED) is 0.575. The number of nitrogens with zero attached hydrogens (tertiary/aromatic N) is 2. The normalized spacial score (nSPS) is 10.4. The fraction of sp³-hybridized carbons (Fsp3) is 0.214. The van der Waals surface area contributed by atoms with E-state index in [0.717, 1.165) is 0 Å². The summed E-state index contributed by atoms with van der Waals surface area (Å²) in [5.74, 6) is 0.223. The van der Waals surface area contributed by atoms with Crippen LogP contribution in [0, 0.1) is 0 Å². The maximum atomic E-state index is 10.7. The van der Waals surface area contributed by atoms with Crippen LogP contribution in [0.15, 0.2) is 24.3 Å². The summed E-state index contributed by atoms with van der Waals surface area (Å²) < 4.78 is 5.53. The van der Waals surface area contributed by atoms with Gasteiger partial charge in [0.25, 0.3) is 0 Å². The monoisotopic (exact) mass is 303 g/mol. The number of benzene rings is 1. The lowest BCUT2D eigenvalue weighted by Crippen LogP contribution is -2.10. The Hall–Kier alpha value is -3.03. The summed E-state index contributed by atoms with van der Waals surface area (Å²) >= 11 is 0. The van der Waals surface area contributed by atoms with Gasteiger partial charge in [-0.05, 0) is 37.1 Å². The SMILES string of the molecule is Nc1nc(N)c(CCCOc2ccc(C(=O)O)cc2)c(N)n1. The molecular formula is C14H17N5O3. The molecule has 1 aromatic carbocycles. The zero-order valence-corrected chi connectivity index (χ0v) is 11.8. The van der Waals surface area contributed by atoms with Gasteiger partial charge in [0.15, 0.2) is 0 Å². The van der Waals surface area contributed by atoms with Gasteiger partial charge in [0, 0.05) is 5.56 Å². The summed E-state index contributed by atoms with van der Waals surface area (Å²) in [6.45, 7) is 0.426. The Bertz CT molecular complexity index is 650. The molecule has 0 aliphatic heterocycles. The molecule has 116 valence electrons. The first-order chi connectivity index (χ1) is 10.5. The van der Waals surface area contributed by atoms with Crippen LogP contribution in [-0.2, 0) is 6.42 Å². The average Bonchev–Trinajstić information content (AvgIpc) is 2.46. The van der Waals surface area contributed by atoms with Crippen LogP contribution >= 0.6 is 0 Å². The Kier molecular flexibility index (Phi) is 4.62. The van der Waals surface area contributed by atoms with E-state index in [0.29, 0.717) is 30.8 Å². The smallest absolute Gasteiger partial charge is 0.335 e. The zero-order chi connectivity index (χ0) is 16.1. The van der Waals surface area contributed by atoms with E-state index in [1.807, 2.05) is 0 Å². The summed E-state index contributed by atoms with van der Waals surface area (Å²) in [7, 11) is 0. The Morgan fingerprint density at radius 1 is 1.09 bits per heavy atom. The van der Waals surface area contributed by atoms with Crippen LogP contribution in [0.1, 0.15) is 22.3 Å². The molecule has 1 heterocycles. The number of ether oxygens (including phenoxy) is 1. The predicted octanol–water partition coefficient (Wildman–Crippen LogP) is 0.933.